The largest absolute Gasteiger partial charge is 0.336 e. The van der Waals surface area contributed by atoms with Gasteiger partial charge in [0.05, 0.1) is 43.8 Å². The van der Waals surface area contributed by atoms with E-state index in [4.69, 9.17) is 0 Å². The van der Waals surface area contributed by atoms with Gasteiger partial charge in [-0.25, -0.2) is 0 Å². The molecule has 2 aromatic carbocycles. The maximum absolute atomic E-state index is 11.7. The van der Waals surface area contributed by atoms with E-state index in [1.54, 1.807) is 24.2 Å². The van der Waals surface area contributed by atoms with E-state index < -0.39 is 48.4 Å². The Hall–Kier alpha value is -4.77. The number of nitro groups is 4. The summed E-state index contributed by atoms with van der Waals surface area (Å²) in [5.41, 5.74) is -2.01. The normalized spacial score (nSPS) is 12.8. The fourth-order valence-electron chi connectivity index (χ4n) is 3.34. The van der Waals surface area contributed by atoms with E-state index in [2.05, 4.69) is 6.08 Å². The molecule has 0 N–H and O–H groups in total. The Bertz CT molecular complexity index is 1130. The third kappa shape index (κ3) is 4.22. The highest BCUT2D eigenvalue weighted by molar-refractivity contribution is 5.62. The van der Waals surface area contributed by atoms with Crippen LogP contribution in [0.1, 0.15) is 17.0 Å². The van der Waals surface area contributed by atoms with Crippen molar-refractivity contribution >= 4 is 22.7 Å². The van der Waals surface area contributed by atoms with Crippen LogP contribution in [0.3, 0.4) is 0 Å². The van der Waals surface area contributed by atoms with Crippen molar-refractivity contribution in [2.75, 3.05) is 13.6 Å². The Kier molecular flexibility index (Phi) is 5.85. The Morgan fingerprint density at radius 1 is 0.812 bits per heavy atom. The average molecular weight is 440 g/mol. The highest BCUT2D eigenvalue weighted by Crippen LogP contribution is 2.43. The molecule has 13 heteroatoms. The van der Waals surface area contributed by atoms with Gasteiger partial charge in [-0.2, -0.15) is 0 Å². The second-order valence-electron chi connectivity index (χ2n) is 6.82. The first-order chi connectivity index (χ1) is 15.1. The lowest BCUT2D eigenvalue weighted by molar-refractivity contribution is -0.395. The minimum Gasteiger partial charge on any atom is -0.336 e. The smallest absolute Gasteiger partial charge is 0.280 e. The van der Waals surface area contributed by atoms with Crippen LogP contribution in [0.25, 0.3) is 0 Å². The van der Waals surface area contributed by atoms with Gasteiger partial charge in [-0.05, 0) is 12.1 Å². The van der Waals surface area contributed by atoms with Crippen LogP contribution in [-0.2, 0) is 0 Å². The standard InChI is InChI=1S/C19H14N5O8/c1-20-8-6-12(7-9-20)19(15-4-2-13(21(25)26)10-17(15)23(29)30)16-5-3-14(22(27)28)11-18(16)24(31)32/h2-6,9-11,19H,8H2,1H3/q+1. The lowest BCUT2D eigenvalue weighted by Crippen LogP contribution is -2.18. The molecule has 1 aliphatic heterocycles. The minimum atomic E-state index is -1.12. The van der Waals surface area contributed by atoms with Gasteiger partial charge in [0.2, 0.25) is 0 Å². The molecule has 0 saturated carbocycles. The molecule has 0 saturated heterocycles. The van der Waals surface area contributed by atoms with Gasteiger partial charge in [0.15, 0.2) is 5.57 Å². The average Bonchev–Trinajstić information content (AvgIpc) is 2.75. The first-order valence-electron chi connectivity index (χ1n) is 8.95. The van der Waals surface area contributed by atoms with Crippen LogP contribution in [0, 0.1) is 46.5 Å². The van der Waals surface area contributed by atoms with Crippen LogP contribution >= 0.6 is 0 Å². The zero-order valence-electron chi connectivity index (χ0n) is 16.4. The predicted molar refractivity (Wildman–Crippen MR) is 110 cm³/mol. The topological polar surface area (TPSA) is 176 Å². The number of likely N-dealkylation sites (N-methyl/N-ethyl adjacent to an activating group) is 1. The Labute approximate surface area is 179 Å². The molecule has 162 valence electrons. The van der Waals surface area contributed by atoms with Crippen molar-refractivity contribution < 1.29 is 19.7 Å². The van der Waals surface area contributed by atoms with Crippen LogP contribution in [0.2, 0.25) is 0 Å². The molecule has 13 nitrogen and oxygen atoms in total. The van der Waals surface area contributed by atoms with Crippen molar-refractivity contribution in [3.8, 4) is 0 Å². The van der Waals surface area contributed by atoms with Crippen molar-refractivity contribution in [3.05, 3.63) is 112 Å². The Morgan fingerprint density at radius 2 is 1.28 bits per heavy atom. The minimum absolute atomic E-state index is 0.0470. The molecule has 0 radical (unpaired) electrons. The molecule has 0 fully saturated rings. The van der Waals surface area contributed by atoms with Crippen LogP contribution in [0.5, 0.6) is 0 Å². The molecule has 0 amide bonds. The molecule has 2 aromatic rings. The maximum atomic E-state index is 11.7. The monoisotopic (exact) mass is 440 g/mol. The highest BCUT2D eigenvalue weighted by atomic mass is 16.6. The molecule has 1 aliphatic rings. The number of nitrogens with zero attached hydrogens (tertiary/aromatic N) is 5. The van der Waals surface area contributed by atoms with Crippen molar-refractivity contribution in [1.29, 1.82) is 0 Å². The number of rotatable bonds is 7. The summed E-state index contributed by atoms with van der Waals surface area (Å²) in [5, 5.41) is 45.7. The summed E-state index contributed by atoms with van der Waals surface area (Å²) in [6, 6.07) is 5.99. The van der Waals surface area contributed by atoms with Crippen LogP contribution in [-0.4, -0.2) is 38.2 Å². The zero-order chi connectivity index (χ0) is 23.6. The van der Waals surface area contributed by atoms with Gasteiger partial charge in [0, 0.05) is 30.3 Å². The summed E-state index contributed by atoms with van der Waals surface area (Å²) in [6.07, 6.45) is 6.13. The third-order valence-electron chi connectivity index (χ3n) is 4.83. The molecule has 3 rings (SSSR count). The van der Waals surface area contributed by atoms with Gasteiger partial charge in [-0.1, -0.05) is 0 Å². The first-order valence-corrected chi connectivity index (χ1v) is 8.95. The highest BCUT2D eigenvalue weighted by Gasteiger charge is 2.38. The van der Waals surface area contributed by atoms with Gasteiger partial charge in [0.1, 0.15) is 18.8 Å². The van der Waals surface area contributed by atoms with Crippen molar-refractivity contribution in [3.63, 3.8) is 0 Å². The summed E-state index contributed by atoms with van der Waals surface area (Å²) >= 11 is 0. The molecular formula is C19H14N5O8+. The second kappa shape index (κ2) is 8.53. The fourth-order valence-corrected chi connectivity index (χ4v) is 3.34. The number of allylic oxidation sites excluding steroid dienone is 2. The summed E-state index contributed by atoms with van der Waals surface area (Å²) in [5.74, 6) is -1.12. The van der Waals surface area contributed by atoms with Crippen LogP contribution < -0.4 is 0 Å². The zero-order valence-corrected chi connectivity index (χ0v) is 16.4. The third-order valence-corrected chi connectivity index (χ3v) is 4.83. The quantitative estimate of drug-likeness (QED) is 0.353. The number of hydrogen-bond donors (Lipinski definition) is 0. The molecule has 0 aromatic heterocycles. The van der Waals surface area contributed by atoms with Crippen molar-refractivity contribution in [2.24, 2.45) is 0 Å². The summed E-state index contributed by atoms with van der Waals surface area (Å²) in [4.78, 5) is 44.2. The van der Waals surface area contributed by atoms with Gasteiger partial charge in [-0.15, -0.1) is 0 Å². The SMILES string of the molecule is CN1C=[C+]C(C(c2ccc([N+](=O)[O-])cc2[N+](=O)[O-])c2ccc([N+](=O)[O-])cc2[N+](=O)[O-])=CC1. The first kappa shape index (κ1) is 21.9. The summed E-state index contributed by atoms with van der Waals surface area (Å²) in [7, 11) is 1.75. The van der Waals surface area contributed by atoms with E-state index in [0.29, 0.717) is 12.1 Å². The number of nitro benzene ring substituents is 4. The van der Waals surface area contributed by atoms with E-state index in [-0.39, 0.29) is 11.1 Å². The van der Waals surface area contributed by atoms with E-state index >= 15 is 0 Å². The van der Waals surface area contributed by atoms with E-state index in [0.717, 1.165) is 36.4 Å². The molecule has 0 bridgehead atoms. The van der Waals surface area contributed by atoms with E-state index in [1.165, 1.54) is 0 Å². The summed E-state index contributed by atoms with van der Waals surface area (Å²) in [6.45, 7) is 0.375. The van der Waals surface area contributed by atoms with Gasteiger partial charge in [-0.3, -0.25) is 40.5 Å². The number of benzene rings is 2. The number of hydrogen-bond acceptors (Lipinski definition) is 9. The molecule has 0 spiro atoms. The maximum Gasteiger partial charge on any atom is 0.280 e. The van der Waals surface area contributed by atoms with E-state index in [1.807, 2.05) is 0 Å². The molecule has 0 unspecified atom stereocenters. The second-order valence-corrected chi connectivity index (χ2v) is 6.82. The van der Waals surface area contributed by atoms with Gasteiger partial charge in [0.25, 0.3) is 22.7 Å². The van der Waals surface area contributed by atoms with Crippen LogP contribution in [0.15, 0.2) is 54.2 Å². The van der Waals surface area contributed by atoms with Crippen LogP contribution in [0.4, 0.5) is 22.7 Å². The van der Waals surface area contributed by atoms with Gasteiger partial charge >= 0.3 is 0 Å². The molecular weight excluding hydrogens is 426 g/mol. The Balaban J connectivity index is 2.32. The summed E-state index contributed by atoms with van der Waals surface area (Å²) < 4.78 is 0. The van der Waals surface area contributed by atoms with Crippen molar-refractivity contribution in [2.45, 2.75) is 5.92 Å². The lowest BCUT2D eigenvalue weighted by Gasteiger charge is -2.17. The molecule has 32 heavy (non-hydrogen) atoms. The lowest BCUT2D eigenvalue weighted by atomic mass is 9.82. The number of non-ortho nitro benzene ring substituents is 2. The molecule has 0 aliphatic carbocycles. The van der Waals surface area contributed by atoms with Gasteiger partial charge < -0.3 is 4.90 Å². The predicted octanol–water partition coefficient (Wildman–Crippen LogP) is 3.64. The fraction of sp³-hybridized carbons (Fsp3) is 0.158. The van der Waals surface area contributed by atoms with Crippen molar-refractivity contribution in [1.82, 2.24) is 4.90 Å². The van der Waals surface area contributed by atoms with E-state index in [9.17, 15) is 40.5 Å². The Morgan fingerprint density at radius 3 is 1.62 bits per heavy atom. The molecule has 0 atom stereocenters. The molecule has 1 heterocycles.